The number of esters is 1. The van der Waals surface area contributed by atoms with Crippen molar-refractivity contribution in [2.24, 2.45) is 5.92 Å². The summed E-state index contributed by atoms with van der Waals surface area (Å²) in [6, 6.07) is 18.4. The molecule has 0 N–H and O–H groups in total. The summed E-state index contributed by atoms with van der Waals surface area (Å²) in [5, 5.41) is 0. The molecule has 1 amide bonds. The lowest BCUT2D eigenvalue weighted by Gasteiger charge is -2.65. The molecule has 2 aliphatic heterocycles. The Balaban J connectivity index is 1.29. The van der Waals surface area contributed by atoms with E-state index < -0.39 is 40.8 Å². The summed E-state index contributed by atoms with van der Waals surface area (Å²) in [6.45, 7) is 7.49. The fourth-order valence-electron chi connectivity index (χ4n) is 9.40. The van der Waals surface area contributed by atoms with Gasteiger partial charge in [0.2, 0.25) is 0 Å². The van der Waals surface area contributed by atoms with Crippen molar-refractivity contribution < 1.29 is 37.0 Å². The minimum absolute atomic E-state index is 0.0901. The van der Waals surface area contributed by atoms with Gasteiger partial charge in [0.15, 0.2) is 11.5 Å². The molecule has 2 aliphatic carbocycles. The van der Waals surface area contributed by atoms with E-state index in [-0.39, 0.29) is 17.9 Å². The van der Waals surface area contributed by atoms with Crippen LogP contribution in [0.15, 0.2) is 66.7 Å². The number of carbonyl (C=O) groups is 2. The minimum Gasteiger partial charge on any atom is -0.493 e. The molecule has 3 aromatic carbocycles. The van der Waals surface area contributed by atoms with Crippen molar-refractivity contribution in [3.63, 3.8) is 0 Å². The highest BCUT2D eigenvalue weighted by Gasteiger charge is 2.75. The number of likely N-dealkylation sites (tertiary alicyclic amines) is 1. The lowest BCUT2D eigenvalue weighted by molar-refractivity contribution is -0.224. The van der Waals surface area contributed by atoms with E-state index in [1.807, 2.05) is 38.1 Å². The van der Waals surface area contributed by atoms with Gasteiger partial charge >= 0.3 is 12.1 Å². The Morgan fingerprint density at radius 1 is 1.06 bits per heavy atom. The van der Waals surface area contributed by atoms with Gasteiger partial charge in [0.25, 0.3) is 5.91 Å². The standard InChI is InChI=1S/C41H43F3N2O5/c1-26(2)25-46(35(48)17-12-29-10-14-31(15-11-29)41(42,43)44)32-18-20-40(51-27(3)47)34-24-30-13-16-33(49-4)37-36(30)39(40,38(32)50-37)21-23-45(34)22-19-28-8-6-5-7-9-28/h5-11,13-16,26,32,34,38H,18-25H2,1-4H3/t32-,34-,38+,39+,40-/m1/s1. The van der Waals surface area contributed by atoms with Crippen LogP contribution < -0.4 is 9.47 Å². The van der Waals surface area contributed by atoms with E-state index in [9.17, 15) is 22.8 Å². The maximum atomic E-state index is 14.1. The Bertz CT molecular complexity index is 1870. The Labute approximate surface area is 297 Å². The zero-order chi connectivity index (χ0) is 36.1. The molecule has 2 bridgehead atoms. The van der Waals surface area contributed by atoms with E-state index in [0.29, 0.717) is 49.3 Å². The first-order chi connectivity index (χ1) is 24.4. The van der Waals surface area contributed by atoms with E-state index in [0.717, 1.165) is 42.8 Å². The van der Waals surface area contributed by atoms with Crippen LogP contribution in [0.4, 0.5) is 13.2 Å². The van der Waals surface area contributed by atoms with Gasteiger partial charge in [0, 0.05) is 37.1 Å². The second kappa shape index (κ2) is 13.2. The van der Waals surface area contributed by atoms with E-state index in [1.54, 1.807) is 12.0 Å². The van der Waals surface area contributed by atoms with Crippen molar-refractivity contribution in [1.82, 2.24) is 9.80 Å². The molecule has 0 unspecified atom stereocenters. The first-order valence-corrected chi connectivity index (χ1v) is 17.7. The van der Waals surface area contributed by atoms with Crippen LogP contribution in [0.2, 0.25) is 0 Å². The first kappa shape index (κ1) is 34.9. The molecular weight excluding hydrogens is 657 g/mol. The molecule has 7 rings (SSSR count). The van der Waals surface area contributed by atoms with Gasteiger partial charge in [-0.15, -0.1) is 0 Å². The van der Waals surface area contributed by atoms with Crippen LogP contribution in [0.5, 0.6) is 11.5 Å². The summed E-state index contributed by atoms with van der Waals surface area (Å²) >= 11 is 0. The summed E-state index contributed by atoms with van der Waals surface area (Å²) in [6.07, 6.45) is -1.79. The van der Waals surface area contributed by atoms with Gasteiger partial charge < -0.3 is 19.1 Å². The van der Waals surface area contributed by atoms with Gasteiger partial charge in [-0.2, -0.15) is 13.2 Å². The van der Waals surface area contributed by atoms with Crippen LogP contribution in [-0.4, -0.2) is 72.2 Å². The predicted octanol–water partition coefficient (Wildman–Crippen LogP) is 6.59. The monoisotopic (exact) mass is 700 g/mol. The molecule has 5 atom stereocenters. The van der Waals surface area contributed by atoms with E-state index >= 15 is 0 Å². The molecule has 0 radical (unpaired) electrons. The number of rotatable bonds is 8. The van der Waals surface area contributed by atoms with Crippen molar-refractivity contribution in [1.29, 1.82) is 0 Å². The number of nitrogens with zero attached hydrogens (tertiary/aromatic N) is 2. The number of carbonyl (C=O) groups excluding carboxylic acids is 2. The van der Waals surface area contributed by atoms with Crippen LogP contribution in [0, 0.1) is 17.8 Å². The van der Waals surface area contributed by atoms with E-state index in [2.05, 4.69) is 34.9 Å². The molecule has 2 heterocycles. The zero-order valence-electron chi connectivity index (χ0n) is 29.4. The van der Waals surface area contributed by atoms with Crippen molar-refractivity contribution in [2.75, 3.05) is 26.7 Å². The van der Waals surface area contributed by atoms with Crippen LogP contribution in [0.25, 0.3) is 0 Å². The average Bonchev–Trinajstić information content (AvgIpc) is 3.45. The summed E-state index contributed by atoms with van der Waals surface area (Å²) in [5.74, 6) is 6.10. The summed E-state index contributed by atoms with van der Waals surface area (Å²) in [4.78, 5) is 31.5. The molecule has 1 saturated carbocycles. The smallest absolute Gasteiger partial charge is 0.416 e. The third kappa shape index (κ3) is 5.93. The largest absolute Gasteiger partial charge is 0.493 e. The number of ether oxygens (including phenoxy) is 3. The highest BCUT2D eigenvalue weighted by Crippen LogP contribution is 2.67. The van der Waals surface area contributed by atoms with Crippen LogP contribution in [0.1, 0.15) is 67.9 Å². The Morgan fingerprint density at radius 2 is 1.80 bits per heavy atom. The highest BCUT2D eigenvalue weighted by molar-refractivity contribution is 5.94. The molecule has 1 saturated heterocycles. The number of alkyl halides is 3. The summed E-state index contributed by atoms with van der Waals surface area (Å²) < 4.78 is 59.0. The molecule has 2 fully saturated rings. The molecule has 3 aromatic rings. The lowest BCUT2D eigenvalue weighted by Crippen LogP contribution is -2.79. The zero-order valence-corrected chi connectivity index (χ0v) is 29.4. The normalized spacial score (nSPS) is 26.0. The average molecular weight is 701 g/mol. The molecule has 10 heteroatoms. The van der Waals surface area contributed by atoms with Crippen LogP contribution in [0.3, 0.4) is 0 Å². The quantitative estimate of drug-likeness (QED) is 0.195. The molecule has 268 valence electrons. The topological polar surface area (TPSA) is 68.3 Å². The van der Waals surface area contributed by atoms with Gasteiger partial charge in [0.05, 0.1) is 30.2 Å². The number of hydrogen-bond donors (Lipinski definition) is 0. The van der Waals surface area contributed by atoms with Gasteiger partial charge in [-0.25, -0.2) is 0 Å². The van der Waals surface area contributed by atoms with Crippen LogP contribution in [-0.2, 0) is 38.8 Å². The minimum atomic E-state index is -4.46. The molecule has 51 heavy (non-hydrogen) atoms. The fraction of sp³-hybridized carbons (Fsp3) is 0.463. The van der Waals surface area contributed by atoms with E-state index in [1.165, 1.54) is 24.6 Å². The third-order valence-electron chi connectivity index (χ3n) is 11.3. The molecule has 7 nitrogen and oxygen atoms in total. The lowest BCUT2D eigenvalue weighted by atomic mass is 9.48. The maximum absolute atomic E-state index is 14.1. The molecular formula is C41H43F3N2O5. The molecule has 0 aromatic heterocycles. The number of hydrogen-bond acceptors (Lipinski definition) is 6. The third-order valence-corrected chi connectivity index (χ3v) is 11.3. The highest BCUT2D eigenvalue weighted by atomic mass is 19.4. The number of benzene rings is 3. The Hall–Kier alpha value is -4.49. The Kier molecular flexibility index (Phi) is 9.07. The van der Waals surface area contributed by atoms with Gasteiger partial charge in [0.1, 0.15) is 11.7 Å². The SMILES string of the molecule is COc1ccc2c3c1O[C@H]1[C@H](N(CC(C)C)C(=O)C#Cc4ccc(C(F)(F)F)cc4)CC[C@@]4(OC(C)=O)[C@@H](C2)N(CCc2ccccc2)CC[C@]314. The van der Waals surface area contributed by atoms with Gasteiger partial charge in [-0.1, -0.05) is 56.2 Å². The number of amides is 1. The predicted molar refractivity (Wildman–Crippen MR) is 185 cm³/mol. The summed E-state index contributed by atoms with van der Waals surface area (Å²) in [5.41, 5.74) is 1.28. The Morgan fingerprint density at radius 3 is 2.47 bits per heavy atom. The van der Waals surface area contributed by atoms with Crippen molar-refractivity contribution >= 4 is 11.9 Å². The molecule has 1 spiro atoms. The number of halogens is 3. The maximum Gasteiger partial charge on any atom is 0.416 e. The van der Waals surface area contributed by atoms with E-state index in [4.69, 9.17) is 14.2 Å². The number of methoxy groups -OCH3 is 1. The first-order valence-electron chi connectivity index (χ1n) is 17.7. The second-order valence-electron chi connectivity index (χ2n) is 14.6. The van der Waals surface area contributed by atoms with Crippen molar-refractivity contribution in [3.8, 4) is 23.3 Å². The van der Waals surface area contributed by atoms with Crippen molar-refractivity contribution in [2.45, 2.75) is 88.3 Å². The fourth-order valence-corrected chi connectivity index (χ4v) is 9.40. The van der Waals surface area contributed by atoms with Gasteiger partial charge in [-0.3, -0.25) is 14.5 Å². The van der Waals surface area contributed by atoms with Gasteiger partial charge in [-0.05, 0) is 86.0 Å². The number of piperidine rings is 1. The summed E-state index contributed by atoms with van der Waals surface area (Å²) in [7, 11) is 1.61. The van der Waals surface area contributed by atoms with Crippen LogP contribution >= 0.6 is 0 Å². The van der Waals surface area contributed by atoms with Crippen molar-refractivity contribution in [3.05, 3.63) is 94.5 Å². The molecule has 4 aliphatic rings. The second-order valence-corrected chi connectivity index (χ2v) is 14.6.